The molecular formula is C22H16N6O6PdS2. The summed E-state index contributed by atoms with van der Waals surface area (Å²) in [6.07, 6.45) is 6.56. The zero-order valence-corrected chi connectivity index (χ0v) is 21.7. The molecule has 2 aromatic carbocycles. The van der Waals surface area contributed by atoms with Gasteiger partial charge in [-0.2, -0.15) is 20.4 Å². The van der Waals surface area contributed by atoms with Gasteiger partial charge in [-0.15, -0.1) is 0 Å². The van der Waals surface area contributed by atoms with Gasteiger partial charge in [-0.3, -0.25) is 0 Å². The predicted molar refractivity (Wildman–Crippen MR) is 127 cm³/mol. The van der Waals surface area contributed by atoms with Crippen LogP contribution in [-0.4, -0.2) is 49.0 Å². The maximum atomic E-state index is 11.1. The molecule has 0 fully saturated rings. The number of benzene rings is 2. The van der Waals surface area contributed by atoms with Gasteiger partial charge in [-0.25, -0.2) is 16.8 Å². The molecule has 0 radical (unpaired) electrons. The third kappa shape index (κ3) is 8.05. The van der Waals surface area contributed by atoms with Crippen LogP contribution in [-0.2, 0) is 40.5 Å². The Morgan fingerprint density at radius 3 is 1.03 bits per heavy atom. The molecule has 4 heterocycles. The van der Waals surface area contributed by atoms with E-state index in [9.17, 15) is 26.4 Å². The minimum Gasteiger partial charge on any atom is -0.537 e. The van der Waals surface area contributed by atoms with Crippen LogP contribution < -0.4 is 0 Å². The smallest absolute Gasteiger partial charge is 0.537 e. The van der Waals surface area contributed by atoms with Crippen molar-refractivity contribution in [3.05, 3.63) is 118 Å². The van der Waals surface area contributed by atoms with Crippen molar-refractivity contribution in [1.29, 1.82) is 0 Å². The number of carbonyl (C=O) groups excluding carboxylic acids is 2. The third-order valence-electron chi connectivity index (χ3n) is 4.16. The number of rotatable bonds is 0. The molecule has 6 rings (SSSR count). The quantitative estimate of drug-likeness (QED) is 0.262. The van der Waals surface area contributed by atoms with Gasteiger partial charge >= 0.3 is 20.4 Å². The van der Waals surface area contributed by atoms with E-state index in [0.717, 1.165) is 0 Å². The van der Waals surface area contributed by atoms with Crippen LogP contribution in [0.2, 0.25) is 0 Å². The first-order valence-electron chi connectivity index (χ1n) is 9.88. The fourth-order valence-electron chi connectivity index (χ4n) is 2.66. The maximum absolute atomic E-state index is 11.1. The molecule has 2 aromatic heterocycles. The summed E-state index contributed by atoms with van der Waals surface area (Å²) in [5.74, 6) is -1.35. The summed E-state index contributed by atoms with van der Waals surface area (Å²) in [7, 11) is -7.36. The van der Waals surface area contributed by atoms with Crippen molar-refractivity contribution in [2.75, 3.05) is 0 Å². The average molecular weight is 631 g/mol. The molecule has 2 amide bonds. The molecule has 37 heavy (non-hydrogen) atoms. The summed E-state index contributed by atoms with van der Waals surface area (Å²) in [5, 5.41) is 14.1. The second-order valence-electron chi connectivity index (χ2n) is 6.56. The number of hydrogen-bond acceptors (Lipinski definition) is 10. The van der Waals surface area contributed by atoms with Crippen molar-refractivity contribution in [1.82, 2.24) is 20.4 Å². The maximum Gasteiger partial charge on any atom is 2.00 e. The van der Waals surface area contributed by atoms with Crippen LogP contribution in [0.1, 0.15) is 20.7 Å². The van der Waals surface area contributed by atoms with E-state index in [-0.39, 0.29) is 41.3 Å². The van der Waals surface area contributed by atoms with Gasteiger partial charge < -0.3 is 19.0 Å². The predicted octanol–water partition coefficient (Wildman–Crippen LogP) is 2.76. The molecular weight excluding hydrogens is 615 g/mol. The van der Waals surface area contributed by atoms with Gasteiger partial charge in [0.15, 0.2) is 0 Å². The standard InChI is InChI=1S/2C7H5NO3S.2C4H4N2.Pd/c2*9-7-5-3-1-2-4-6(5)12(10,11)8-7;2*1-2-4-6-5-3-1;/h2*1-4H,(H,8,9);2*1-4H;/q;;;;+2/p-2. The summed E-state index contributed by atoms with van der Waals surface area (Å²) < 4.78 is 50.3. The summed E-state index contributed by atoms with van der Waals surface area (Å²) in [4.78, 5) is 21.9. The molecule has 2 aliphatic rings. The van der Waals surface area contributed by atoms with Gasteiger partial charge in [0.05, 0.1) is 21.6 Å². The van der Waals surface area contributed by atoms with E-state index >= 15 is 0 Å². The fraction of sp³-hybridized carbons (Fsp3) is 0. The number of carbonyl (C=O) groups is 2. The third-order valence-corrected chi connectivity index (χ3v) is 6.80. The van der Waals surface area contributed by atoms with Crippen molar-refractivity contribution in [3.8, 4) is 0 Å². The van der Waals surface area contributed by atoms with Crippen LogP contribution in [0.3, 0.4) is 0 Å². The minimum absolute atomic E-state index is 0. The van der Waals surface area contributed by atoms with Crippen molar-refractivity contribution in [3.63, 3.8) is 0 Å². The Bertz CT molecular complexity index is 1380. The van der Waals surface area contributed by atoms with Gasteiger partial charge in [0.2, 0.25) is 0 Å². The largest absolute Gasteiger partial charge is 2.00 e. The van der Waals surface area contributed by atoms with Gasteiger partial charge in [-0.1, -0.05) is 36.4 Å². The Hall–Kier alpha value is -3.90. The zero-order valence-electron chi connectivity index (χ0n) is 18.5. The van der Waals surface area contributed by atoms with Crippen molar-refractivity contribution >= 4 is 31.9 Å². The van der Waals surface area contributed by atoms with E-state index in [0.29, 0.717) is 0 Å². The Morgan fingerprint density at radius 2 is 0.784 bits per heavy atom. The fourth-order valence-corrected chi connectivity index (χ4v) is 4.86. The van der Waals surface area contributed by atoms with E-state index in [2.05, 4.69) is 29.8 Å². The Balaban J connectivity index is 0.000000181. The number of hydrogen-bond donors (Lipinski definition) is 0. The summed E-state index contributed by atoms with van der Waals surface area (Å²) >= 11 is 0. The van der Waals surface area contributed by atoms with E-state index in [1.165, 1.54) is 24.3 Å². The van der Waals surface area contributed by atoms with Crippen molar-refractivity contribution < 1.29 is 46.8 Å². The topological polar surface area (TPSA) is 182 Å². The van der Waals surface area contributed by atoms with Crippen LogP contribution in [0.25, 0.3) is 9.44 Å². The Kier molecular flexibility index (Phi) is 10.6. The van der Waals surface area contributed by atoms with Crippen molar-refractivity contribution in [2.24, 2.45) is 0 Å². The molecule has 0 bridgehead atoms. The second-order valence-corrected chi connectivity index (χ2v) is 9.71. The molecule has 0 unspecified atom stereocenters. The molecule has 4 aromatic rings. The van der Waals surface area contributed by atoms with E-state index in [4.69, 9.17) is 0 Å². The molecule has 0 aliphatic carbocycles. The monoisotopic (exact) mass is 630 g/mol. The molecule has 15 heteroatoms. The molecule has 2 aliphatic heterocycles. The van der Waals surface area contributed by atoms with Crippen molar-refractivity contribution in [2.45, 2.75) is 9.79 Å². The summed E-state index contributed by atoms with van der Waals surface area (Å²) in [5.41, 5.74) is 0.329. The number of nitrogens with zero attached hydrogens (tertiary/aromatic N) is 6. The van der Waals surface area contributed by atoms with Gasteiger partial charge in [-0.05, 0) is 36.4 Å². The number of fused-ring (bicyclic) bond motifs is 2. The number of sulfonamides is 2. The molecule has 0 N–H and O–H groups in total. The summed E-state index contributed by atoms with van der Waals surface area (Å²) in [6, 6.07) is 19.3. The first kappa shape index (κ1) is 29.3. The average Bonchev–Trinajstić information content (AvgIpc) is 3.29. The van der Waals surface area contributed by atoms with Crippen LogP contribution in [0.5, 0.6) is 0 Å². The number of aromatic nitrogens is 4. The van der Waals surface area contributed by atoms with E-state index < -0.39 is 31.9 Å². The van der Waals surface area contributed by atoms with Crippen LogP contribution in [0.15, 0.2) is 107 Å². The molecule has 12 nitrogen and oxygen atoms in total. The van der Waals surface area contributed by atoms with Crippen LogP contribution in [0.4, 0.5) is 0 Å². The van der Waals surface area contributed by atoms with E-state index in [1.807, 2.05) is 24.3 Å². The Morgan fingerprint density at radius 1 is 0.486 bits per heavy atom. The molecule has 192 valence electrons. The molecule has 0 saturated heterocycles. The van der Waals surface area contributed by atoms with Crippen LogP contribution >= 0.6 is 0 Å². The summed E-state index contributed by atoms with van der Waals surface area (Å²) in [6.45, 7) is 0. The van der Waals surface area contributed by atoms with Gasteiger partial charge in [0, 0.05) is 35.9 Å². The van der Waals surface area contributed by atoms with Gasteiger partial charge in [0.1, 0.15) is 20.0 Å². The first-order chi connectivity index (χ1) is 17.2. The zero-order chi connectivity index (χ0) is 26.0. The molecule has 0 saturated carbocycles. The molecule has 0 spiro atoms. The van der Waals surface area contributed by atoms with E-state index in [1.54, 1.807) is 49.1 Å². The normalized spacial score (nSPS) is 14.6. The number of amides is 2. The SMILES string of the molecule is O=C1[N-]S(=O)(=O)c2ccccc21.O=C1[N-]S(=O)(=O)c2ccccc21.[Pd+2].c1ccnnc1.c1ccnnc1. The van der Waals surface area contributed by atoms with Crippen LogP contribution in [0, 0.1) is 0 Å². The Labute approximate surface area is 226 Å². The minimum atomic E-state index is -3.68. The van der Waals surface area contributed by atoms with Gasteiger partial charge in [0.25, 0.3) is 0 Å². The first-order valence-corrected chi connectivity index (χ1v) is 12.8. The second kappa shape index (κ2) is 13.4. The molecule has 0 atom stereocenters.